The van der Waals surface area contributed by atoms with Crippen LogP contribution in [0, 0.1) is 0 Å². The number of hydrogen-bond acceptors (Lipinski definition) is 5. The van der Waals surface area contributed by atoms with E-state index in [1.165, 1.54) is 5.56 Å². The molecule has 1 aromatic carbocycles. The molecule has 132 valence electrons. The molecule has 0 unspecified atom stereocenters. The van der Waals surface area contributed by atoms with Gasteiger partial charge in [0.2, 0.25) is 6.79 Å². The highest BCUT2D eigenvalue weighted by molar-refractivity contribution is 5.47. The van der Waals surface area contributed by atoms with E-state index in [-0.39, 0.29) is 5.41 Å². The first-order valence-corrected chi connectivity index (χ1v) is 8.74. The third-order valence-electron chi connectivity index (χ3n) is 4.99. The molecule has 0 bridgehead atoms. The van der Waals surface area contributed by atoms with Gasteiger partial charge in [-0.25, -0.2) is 0 Å². The van der Waals surface area contributed by atoms with Gasteiger partial charge < -0.3 is 23.9 Å². The standard InChI is InChI=1S/C20H23NO4/c1(3-17-4-2-10-23-17)9-21-14-20(7-11-22-12-8-20)16-5-6-18-19(13-16)25-15-24-18/h1-6,10,13,21H,7-9,11-12,14-15H2/b3-1+. The van der Waals surface area contributed by atoms with Crippen LogP contribution in [0.15, 0.2) is 47.1 Å². The first-order chi connectivity index (χ1) is 12.4. The first-order valence-electron chi connectivity index (χ1n) is 8.74. The molecule has 0 radical (unpaired) electrons. The fourth-order valence-electron chi connectivity index (χ4n) is 3.51. The molecule has 5 heteroatoms. The molecule has 1 saturated heterocycles. The normalized spacial score (nSPS) is 18.7. The lowest BCUT2D eigenvalue weighted by atomic mass is 9.74. The van der Waals surface area contributed by atoms with Crippen LogP contribution in [-0.4, -0.2) is 33.1 Å². The average molecular weight is 341 g/mol. The maximum Gasteiger partial charge on any atom is 0.231 e. The number of fused-ring (bicyclic) bond motifs is 1. The van der Waals surface area contributed by atoms with Gasteiger partial charge in [-0.3, -0.25) is 0 Å². The topological polar surface area (TPSA) is 52.9 Å². The Kier molecular flexibility index (Phi) is 4.76. The highest BCUT2D eigenvalue weighted by atomic mass is 16.7. The summed E-state index contributed by atoms with van der Waals surface area (Å²) in [6.45, 7) is 3.59. The van der Waals surface area contributed by atoms with Crippen molar-refractivity contribution >= 4 is 6.08 Å². The van der Waals surface area contributed by atoms with Crippen molar-refractivity contribution in [2.24, 2.45) is 0 Å². The van der Waals surface area contributed by atoms with E-state index >= 15 is 0 Å². The van der Waals surface area contributed by atoms with E-state index in [0.29, 0.717) is 6.79 Å². The van der Waals surface area contributed by atoms with Crippen LogP contribution in [0.1, 0.15) is 24.2 Å². The minimum Gasteiger partial charge on any atom is -0.465 e. The van der Waals surface area contributed by atoms with Crippen molar-refractivity contribution in [3.8, 4) is 11.5 Å². The second-order valence-electron chi connectivity index (χ2n) is 6.51. The van der Waals surface area contributed by atoms with E-state index in [1.54, 1.807) is 6.26 Å². The van der Waals surface area contributed by atoms with E-state index < -0.39 is 0 Å². The van der Waals surface area contributed by atoms with Crippen LogP contribution in [-0.2, 0) is 10.2 Å². The predicted molar refractivity (Wildman–Crippen MR) is 94.9 cm³/mol. The van der Waals surface area contributed by atoms with Gasteiger partial charge in [0.1, 0.15) is 5.76 Å². The Balaban J connectivity index is 1.44. The zero-order chi connectivity index (χ0) is 17.0. The van der Waals surface area contributed by atoms with Crippen molar-refractivity contribution in [1.29, 1.82) is 0 Å². The molecule has 1 aromatic heterocycles. The number of furan rings is 1. The van der Waals surface area contributed by atoms with Crippen molar-refractivity contribution in [3.63, 3.8) is 0 Å². The Hall–Kier alpha value is -2.24. The van der Waals surface area contributed by atoms with Gasteiger partial charge in [0, 0.05) is 31.7 Å². The maximum atomic E-state index is 5.61. The second-order valence-corrected chi connectivity index (χ2v) is 6.51. The van der Waals surface area contributed by atoms with Crippen LogP contribution in [0.2, 0.25) is 0 Å². The minimum atomic E-state index is 0.0672. The first kappa shape index (κ1) is 16.2. The van der Waals surface area contributed by atoms with Crippen molar-refractivity contribution in [2.75, 3.05) is 33.1 Å². The van der Waals surface area contributed by atoms with Gasteiger partial charge in [0.25, 0.3) is 0 Å². The molecule has 0 spiro atoms. The summed E-state index contributed by atoms with van der Waals surface area (Å²) >= 11 is 0. The Morgan fingerprint density at radius 1 is 1.08 bits per heavy atom. The maximum absolute atomic E-state index is 5.61. The van der Waals surface area contributed by atoms with E-state index in [0.717, 1.165) is 56.4 Å². The molecule has 0 aliphatic carbocycles. The van der Waals surface area contributed by atoms with Crippen molar-refractivity contribution in [2.45, 2.75) is 18.3 Å². The Morgan fingerprint density at radius 3 is 2.80 bits per heavy atom. The lowest BCUT2D eigenvalue weighted by Crippen LogP contribution is -2.42. The van der Waals surface area contributed by atoms with Crippen molar-refractivity contribution < 1.29 is 18.6 Å². The Morgan fingerprint density at radius 2 is 1.96 bits per heavy atom. The van der Waals surface area contributed by atoms with Crippen LogP contribution < -0.4 is 14.8 Å². The van der Waals surface area contributed by atoms with Crippen molar-refractivity contribution in [3.05, 3.63) is 54.0 Å². The molecule has 1 fully saturated rings. The minimum absolute atomic E-state index is 0.0672. The molecular weight excluding hydrogens is 318 g/mol. The Labute approximate surface area is 147 Å². The molecule has 4 rings (SSSR count). The monoisotopic (exact) mass is 341 g/mol. The molecular formula is C20H23NO4. The van der Waals surface area contributed by atoms with Gasteiger partial charge in [-0.15, -0.1) is 0 Å². The summed E-state index contributed by atoms with van der Waals surface area (Å²) in [5, 5.41) is 3.57. The summed E-state index contributed by atoms with van der Waals surface area (Å²) < 4.78 is 21.9. The molecule has 5 nitrogen and oxygen atoms in total. The van der Waals surface area contributed by atoms with E-state index in [4.69, 9.17) is 18.6 Å². The molecule has 2 aromatic rings. The number of rotatable bonds is 6. The summed E-state index contributed by atoms with van der Waals surface area (Å²) in [6.07, 6.45) is 7.77. The fraction of sp³-hybridized carbons (Fsp3) is 0.400. The fourth-order valence-corrected chi connectivity index (χ4v) is 3.51. The molecule has 25 heavy (non-hydrogen) atoms. The van der Waals surface area contributed by atoms with Gasteiger partial charge >= 0.3 is 0 Å². The van der Waals surface area contributed by atoms with E-state index in [2.05, 4.69) is 23.5 Å². The Bertz CT molecular complexity index is 717. The molecule has 0 amide bonds. The van der Waals surface area contributed by atoms with Crippen LogP contribution in [0.3, 0.4) is 0 Å². The van der Waals surface area contributed by atoms with Gasteiger partial charge in [0.15, 0.2) is 11.5 Å². The zero-order valence-electron chi connectivity index (χ0n) is 14.2. The molecule has 0 atom stereocenters. The van der Waals surface area contributed by atoms with Crippen LogP contribution in [0.5, 0.6) is 11.5 Å². The summed E-state index contributed by atoms with van der Waals surface area (Å²) in [4.78, 5) is 0. The largest absolute Gasteiger partial charge is 0.465 e. The summed E-state index contributed by atoms with van der Waals surface area (Å²) in [5.41, 5.74) is 1.36. The van der Waals surface area contributed by atoms with E-state index in [9.17, 15) is 0 Å². The number of benzene rings is 1. The molecule has 2 aliphatic heterocycles. The number of hydrogen-bond donors (Lipinski definition) is 1. The second kappa shape index (κ2) is 7.33. The predicted octanol–water partition coefficient (Wildman–Crippen LogP) is 3.36. The lowest BCUT2D eigenvalue weighted by molar-refractivity contribution is 0.0501. The van der Waals surface area contributed by atoms with E-state index in [1.807, 2.05) is 24.3 Å². The molecule has 0 saturated carbocycles. The van der Waals surface area contributed by atoms with Crippen LogP contribution in [0.4, 0.5) is 0 Å². The van der Waals surface area contributed by atoms with Gasteiger partial charge in [-0.2, -0.15) is 0 Å². The summed E-state index contributed by atoms with van der Waals surface area (Å²) in [7, 11) is 0. The zero-order valence-corrected chi connectivity index (χ0v) is 14.2. The summed E-state index contributed by atoms with van der Waals surface area (Å²) in [5.74, 6) is 2.56. The van der Waals surface area contributed by atoms with Crippen LogP contribution >= 0.6 is 0 Å². The van der Waals surface area contributed by atoms with Gasteiger partial charge in [-0.05, 0) is 48.7 Å². The lowest BCUT2D eigenvalue weighted by Gasteiger charge is -2.38. The van der Waals surface area contributed by atoms with Gasteiger partial charge in [0.05, 0.1) is 6.26 Å². The SMILES string of the molecule is C(=C\c1ccco1)/CNCC1(c2ccc3c(c2)OCO3)CCOCC1. The van der Waals surface area contributed by atoms with Crippen LogP contribution in [0.25, 0.3) is 6.08 Å². The third kappa shape index (κ3) is 3.57. The van der Waals surface area contributed by atoms with Crippen molar-refractivity contribution in [1.82, 2.24) is 5.32 Å². The highest BCUT2D eigenvalue weighted by Crippen LogP contribution is 2.40. The number of nitrogens with one attached hydrogen (secondary N) is 1. The quantitative estimate of drug-likeness (QED) is 0.817. The number of ether oxygens (including phenoxy) is 3. The smallest absolute Gasteiger partial charge is 0.231 e. The average Bonchev–Trinajstić information content (AvgIpc) is 3.33. The van der Waals surface area contributed by atoms with Gasteiger partial charge in [-0.1, -0.05) is 12.1 Å². The summed E-state index contributed by atoms with van der Waals surface area (Å²) in [6, 6.07) is 10.2. The highest BCUT2D eigenvalue weighted by Gasteiger charge is 2.35. The molecule has 3 heterocycles. The molecule has 2 aliphatic rings. The molecule has 1 N–H and O–H groups in total. The third-order valence-corrected chi connectivity index (χ3v) is 4.99.